The average molecular weight is 470 g/mol. The van der Waals surface area contributed by atoms with Crippen molar-refractivity contribution in [1.29, 1.82) is 0 Å². The van der Waals surface area contributed by atoms with E-state index in [0.717, 1.165) is 0 Å². The maximum atomic E-state index is 13.7. The molecule has 0 aliphatic rings. The zero-order chi connectivity index (χ0) is 20.7. The Morgan fingerprint density at radius 2 is 1.17 bits per heavy atom. The first-order chi connectivity index (χ1) is 13.3. The summed E-state index contributed by atoms with van der Waals surface area (Å²) in [5.41, 5.74) is 1.38. The zero-order valence-corrected chi connectivity index (χ0v) is 24.1. The molecule has 0 heterocycles. The maximum Gasteiger partial charge on any atom is 1.00 e. The third-order valence-corrected chi connectivity index (χ3v) is 3.50. The van der Waals surface area contributed by atoms with Crippen molar-refractivity contribution in [1.82, 2.24) is 0 Å². The summed E-state index contributed by atoms with van der Waals surface area (Å²) in [5, 5.41) is 0. The first kappa shape index (κ1) is 30.2. The molecular formula is C17H20B2F2K2N2O5. The van der Waals surface area contributed by atoms with Crippen molar-refractivity contribution in [2.24, 2.45) is 0 Å². The second-order valence-electron chi connectivity index (χ2n) is 5.93. The fourth-order valence-electron chi connectivity index (χ4n) is 1.98. The van der Waals surface area contributed by atoms with Crippen LogP contribution in [0.5, 0.6) is 11.5 Å². The van der Waals surface area contributed by atoms with Crippen LogP contribution in [0.4, 0.5) is 25.0 Å². The predicted octanol–water partition coefficient (Wildman–Crippen LogP) is -2.99. The molecule has 0 saturated heterocycles. The third-order valence-electron chi connectivity index (χ3n) is 3.50. The van der Waals surface area contributed by atoms with Gasteiger partial charge in [0.05, 0.1) is 0 Å². The summed E-state index contributed by atoms with van der Waals surface area (Å²) in [5.74, 6) is -1.54. The van der Waals surface area contributed by atoms with Crippen molar-refractivity contribution in [2.45, 2.75) is 0 Å². The Kier molecular flexibility index (Phi) is 15.2. The fraction of sp³-hybridized carbons (Fsp3) is 0.235. The minimum Gasteiger partial charge on any atom is -1.00 e. The van der Waals surface area contributed by atoms with Gasteiger partial charge in [-0.3, -0.25) is 0 Å². The van der Waals surface area contributed by atoms with Gasteiger partial charge in [0, 0.05) is 51.7 Å². The van der Waals surface area contributed by atoms with Gasteiger partial charge in [-0.25, -0.2) is 13.6 Å². The van der Waals surface area contributed by atoms with Crippen LogP contribution in [0.1, 0.15) is 2.85 Å². The third kappa shape index (κ3) is 9.76. The van der Waals surface area contributed by atoms with Gasteiger partial charge in [-0.05, 0) is 24.3 Å². The van der Waals surface area contributed by atoms with Crippen molar-refractivity contribution < 1.29 is 138 Å². The van der Waals surface area contributed by atoms with E-state index in [1.807, 2.05) is 0 Å². The van der Waals surface area contributed by atoms with E-state index in [4.69, 9.17) is 9.31 Å². The van der Waals surface area contributed by atoms with Gasteiger partial charge in [-0.15, -0.1) is 0 Å². The molecule has 7 nitrogen and oxygen atoms in total. The van der Waals surface area contributed by atoms with Gasteiger partial charge in [0.1, 0.15) is 11.5 Å². The molecule has 0 aliphatic carbocycles. The van der Waals surface area contributed by atoms with E-state index in [9.17, 15) is 13.6 Å². The Bertz CT molecular complexity index is 780. The Morgan fingerprint density at radius 1 is 0.800 bits per heavy atom. The Balaban J connectivity index is -0.00000210. The summed E-state index contributed by atoms with van der Waals surface area (Å²) < 4.78 is 46.3. The van der Waals surface area contributed by atoms with Gasteiger partial charge in [0.25, 0.3) is 0 Å². The Hall–Kier alpha value is 0.173. The van der Waals surface area contributed by atoms with Crippen LogP contribution in [0.15, 0.2) is 36.4 Å². The van der Waals surface area contributed by atoms with E-state index in [1.54, 1.807) is 50.1 Å². The van der Waals surface area contributed by atoms with Gasteiger partial charge < -0.3 is 31.3 Å². The summed E-state index contributed by atoms with van der Waals surface area (Å²) in [6.45, 7) is 0. The Morgan fingerprint density at radius 3 is 1.50 bits per heavy atom. The molecule has 0 saturated carbocycles. The van der Waals surface area contributed by atoms with E-state index in [2.05, 4.69) is 9.31 Å². The quantitative estimate of drug-likeness (QED) is 0.382. The van der Waals surface area contributed by atoms with E-state index < -0.39 is 17.8 Å². The number of benzene rings is 2. The number of hydrogen-bond donors (Lipinski definition) is 0. The molecule has 2 aromatic carbocycles. The fourth-order valence-corrected chi connectivity index (χ4v) is 1.98. The molecule has 0 spiro atoms. The van der Waals surface area contributed by atoms with Crippen LogP contribution in [0.3, 0.4) is 0 Å². The number of nitrogens with zero attached hydrogens (tertiary/aromatic N) is 2. The standard InChI is InChI=1S/C17H18B2F2N2O5.2K.2H/c1-22(2)11-5-7-13(20)15(9-11)25-18-27-17(24)28-19-26-16-10-12(23(3)4)6-8-14(16)21;;;;/h5-10H,1-4H3;;;;/q;2*+1;2*-1. The van der Waals surface area contributed by atoms with E-state index in [-0.39, 0.29) is 117 Å². The number of carbonyl (C=O) groups is 1. The molecule has 0 fully saturated rings. The number of halogens is 2. The normalized spacial score (nSPS) is 9.27. The molecular weight excluding hydrogens is 450 g/mol. The molecule has 2 rings (SSSR count). The summed E-state index contributed by atoms with van der Waals surface area (Å²) in [4.78, 5) is 15.0. The summed E-state index contributed by atoms with van der Waals surface area (Å²) in [6, 6.07) is 8.41. The second kappa shape index (κ2) is 15.1. The second-order valence-corrected chi connectivity index (χ2v) is 5.93. The van der Waals surface area contributed by atoms with E-state index in [0.29, 0.717) is 26.7 Å². The molecule has 0 aliphatic heterocycles. The number of hydrogen-bond acceptors (Lipinski definition) is 7. The largest absolute Gasteiger partial charge is 1.00 e. The minimum absolute atomic E-state index is 0. The Labute approximate surface area is 264 Å². The SMILES string of the molecule is CN(C)c1ccc(F)c(O[B]OC(=O)O[B]Oc2cc(N(C)C)ccc2F)c1.[H-].[H-].[K+].[K+]. The van der Waals surface area contributed by atoms with E-state index >= 15 is 0 Å². The van der Waals surface area contributed by atoms with E-state index in [1.165, 1.54) is 24.3 Å². The van der Waals surface area contributed by atoms with Crippen molar-refractivity contribution in [2.75, 3.05) is 38.0 Å². The molecule has 0 unspecified atom stereocenters. The van der Waals surface area contributed by atoms with Gasteiger partial charge >= 0.3 is 124 Å². The average Bonchev–Trinajstić information content (AvgIpc) is 2.64. The van der Waals surface area contributed by atoms with Crippen LogP contribution in [0, 0.1) is 11.6 Å². The number of anilines is 2. The predicted molar refractivity (Wildman–Crippen MR) is 104 cm³/mol. The number of rotatable bonds is 8. The van der Waals surface area contributed by atoms with Crippen LogP contribution < -0.4 is 122 Å². The van der Waals surface area contributed by atoms with Crippen LogP contribution in [-0.2, 0) is 9.31 Å². The van der Waals surface area contributed by atoms with Crippen molar-refractivity contribution in [3.8, 4) is 11.5 Å². The van der Waals surface area contributed by atoms with Gasteiger partial charge in [0.15, 0.2) is 11.6 Å². The molecule has 0 bridgehead atoms. The molecule has 2 radical (unpaired) electrons. The van der Waals surface area contributed by atoms with Gasteiger partial charge in [0.2, 0.25) is 0 Å². The van der Waals surface area contributed by atoms with Crippen LogP contribution in [0.25, 0.3) is 0 Å². The van der Waals surface area contributed by atoms with Gasteiger partial charge in [-0.1, -0.05) is 0 Å². The molecule has 0 aromatic heterocycles. The zero-order valence-electron chi connectivity index (χ0n) is 19.8. The maximum absolute atomic E-state index is 13.7. The molecule has 150 valence electrons. The van der Waals surface area contributed by atoms with Crippen molar-refractivity contribution in [3.05, 3.63) is 48.0 Å². The van der Waals surface area contributed by atoms with Crippen LogP contribution in [0.2, 0.25) is 0 Å². The summed E-state index contributed by atoms with van der Waals surface area (Å²) in [7, 11) is 8.34. The first-order valence-electron chi connectivity index (χ1n) is 8.05. The van der Waals surface area contributed by atoms with Crippen LogP contribution in [-0.4, -0.2) is 49.7 Å². The van der Waals surface area contributed by atoms with Gasteiger partial charge in [-0.2, -0.15) is 0 Å². The summed E-state index contributed by atoms with van der Waals surface area (Å²) >= 11 is 0. The topological polar surface area (TPSA) is 60.5 Å². The first-order valence-corrected chi connectivity index (χ1v) is 8.05. The molecule has 0 amide bonds. The molecule has 13 heteroatoms. The molecule has 30 heavy (non-hydrogen) atoms. The molecule has 0 atom stereocenters. The number of carbonyl (C=O) groups excluding carboxylic acids is 1. The minimum atomic E-state index is -1.21. The molecule has 2 aromatic rings. The van der Waals surface area contributed by atoms with Crippen molar-refractivity contribution >= 4 is 32.9 Å². The van der Waals surface area contributed by atoms with Crippen LogP contribution >= 0.6 is 0 Å². The summed E-state index contributed by atoms with van der Waals surface area (Å²) in [6.07, 6.45) is -1.21. The smallest absolute Gasteiger partial charge is 1.00 e. The van der Waals surface area contributed by atoms with Crippen molar-refractivity contribution in [3.63, 3.8) is 0 Å². The monoisotopic (exact) mass is 470 g/mol. The molecule has 0 N–H and O–H groups in total.